The van der Waals surface area contributed by atoms with Gasteiger partial charge in [0, 0.05) is 101 Å². The number of ether oxygens (including phenoxy) is 4. The first-order chi connectivity index (χ1) is 46.4. The maximum Gasteiger partial charge on any atom is 0.409 e. The van der Waals surface area contributed by atoms with Gasteiger partial charge in [-0.1, -0.05) is 25.1 Å². The van der Waals surface area contributed by atoms with E-state index < -0.39 is 90.7 Å². The molecule has 0 aliphatic carbocycles. The van der Waals surface area contributed by atoms with E-state index in [9.17, 15) is 63.6 Å². The Balaban J connectivity index is 0.846. The van der Waals surface area contributed by atoms with E-state index in [0.29, 0.717) is 63.6 Å². The second kappa shape index (κ2) is 29.4. The lowest BCUT2D eigenvalue weighted by Crippen LogP contribution is -2.61. The highest BCUT2D eigenvalue weighted by atomic mass is 16.7. The van der Waals surface area contributed by atoms with E-state index in [1.807, 2.05) is 42.7 Å². The Hall–Kier alpha value is -11.5. The number of rotatable bonds is 28. The van der Waals surface area contributed by atoms with Crippen LogP contribution >= 0.6 is 0 Å². The summed E-state index contributed by atoms with van der Waals surface area (Å²) in [5, 5.41) is 54.8. The number of anilines is 2. The number of aliphatic hydroxyl groups is 3. The van der Waals surface area contributed by atoms with Crippen LogP contribution in [0.2, 0.25) is 0 Å². The monoisotopic (exact) mass is 1340 g/mol. The molecule has 8 aromatic rings. The van der Waals surface area contributed by atoms with E-state index in [2.05, 4.69) is 36.0 Å². The number of fused-ring (bicyclic) bond motifs is 4. The van der Waals surface area contributed by atoms with Gasteiger partial charge in [0.2, 0.25) is 41.6 Å². The van der Waals surface area contributed by atoms with Crippen molar-refractivity contribution < 1.29 is 86.9 Å². The van der Waals surface area contributed by atoms with Gasteiger partial charge in [0.15, 0.2) is 17.8 Å². The molecule has 97 heavy (non-hydrogen) atoms. The van der Waals surface area contributed by atoms with Gasteiger partial charge in [-0.2, -0.15) is 5.10 Å². The molecule has 2 aromatic carbocycles. The van der Waals surface area contributed by atoms with Crippen molar-refractivity contribution in [2.45, 2.75) is 110 Å². The molecule has 0 bridgehead atoms. The zero-order valence-electron chi connectivity index (χ0n) is 53.0. The van der Waals surface area contributed by atoms with E-state index in [1.165, 1.54) is 48.5 Å². The van der Waals surface area contributed by atoms with Gasteiger partial charge in [-0.25, -0.2) is 39.2 Å². The van der Waals surface area contributed by atoms with Gasteiger partial charge in [0.25, 0.3) is 17.7 Å². The predicted molar refractivity (Wildman–Crippen MR) is 340 cm³/mol. The number of primary amides is 2. The van der Waals surface area contributed by atoms with Crippen molar-refractivity contribution >= 4 is 98.1 Å². The van der Waals surface area contributed by atoms with Crippen LogP contribution in [0.4, 0.5) is 16.4 Å². The summed E-state index contributed by atoms with van der Waals surface area (Å²) in [6, 6.07) is 12.2. The maximum absolute atomic E-state index is 14.0. The topological polar surface area (TPSA) is 471 Å². The molecule has 508 valence electrons. The van der Waals surface area contributed by atoms with Crippen molar-refractivity contribution in [3.63, 3.8) is 0 Å². The molecule has 2 aliphatic heterocycles. The number of nitrogens with zero attached hydrogens (tertiary/aromatic N) is 11. The van der Waals surface area contributed by atoms with Gasteiger partial charge in [-0.05, 0) is 74.7 Å². The number of aryl methyl sites for hydroxylation is 4. The Morgan fingerprint density at radius 3 is 2.25 bits per heavy atom. The summed E-state index contributed by atoms with van der Waals surface area (Å²) >= 11 is 0. The normalized spacial score (nSPS) is 16.9. The number of aliphatic hydroxyl groups excluding tert-OH is 3. The Labute approximate surface area is 549 Å². The fourth-order valence-corrected chi connectivity index (χ4v) is 10.7. The Morgan fingerprint density at radius 1 is 0.794 bits per heavy atom. The maximum atomic E-state index is 14.0. The van der Waals surface area contributed by atoms with Crippen LogP contribution < -0.4 is 36.9 Å². The zero-order chi connectivity index (χ0) is 69.5. The summed E-state index contributed by atoms with van der Waals surface area (Å²) < 4.78 is 34.0. The van der Waals surface area contributed by atoms with Gasteiger partial charge in [0.1, 0.15) is 64.7 Å². The molecule has 34 nitrogen and oxygen atoms in total. The number of hydrogen-bond acceptors (Lipinski definition) is 23. The molecule has 8 heterocycles. The first-order valence-electron chi connectivity index (χ1n) is 30.5. The van der Waals surface area contributed by atoms with Crippen LogP contribution in [0.5, 0.6) is 11.5 Å². The number of carbonyl (C=O) groups excluding carboxylic acids is 8. The fraction of sp³-hybridized carbons (Fsp3) is 0.349. The van der Waals surface area contributed by atoms with Crippen LogP contribution in [0.3, 0.4) is 0 Å². The average molecular weight is 1340 g/mol. The average Bonchev–Trinajstić information content (AvgIpc) is 1.62. The third-order valence-corrected chi connectivity index (χ3v) is 15.6. The smallest absolute Gasteiger partial charge is 0.409 e. The van der Waals surface area contributed by atoms with Crippen molar-refractivity contribution in [3.8, 4) is 23.0 Å². The third kappa shape index (κ3) is 15.2. The largest absolute Gasteiger partial charge is 0.491 e. The number of hydrogen-bond donors (Lipinski definition) is 9. The van der Waals surface area contributed by atoms with Crippen molar-refractivity contribution in [2.75, 3.05) is 43.9 Å². The Bertz CT molecular complexity index is 4470. The van der Waals surface area contributed by atoms with Crippen molar-refractivity contribution in [1.29, 1.82) is 0 Å². The van der Waals surface area contributed by atoms with Crippen molar-refractivity contribution in [2.24, 2.45) is 11.5 Å². The Morgan fingerprint density at radius 2 is 1.54 bits per heavy atom. The lowest BCUT2D eigenvalue weighted by Gasteiger charge is -2.38. The molecule has 2 aliphatic rings. The number of carbonyl (C=O) groups is 9. The summed E-state index contributed by atoms with van der Waals surface area (Å²) in [7, 11) is 1.46. The number of amides is 8. The van der Waals surface area contributed by atoms with Gasteiger partial charge in [-0.3, -0.25) is 43.8 Å². The SMILES string of the molecule is CCc1nc(C)oc1C(=O)Nc1nc2cc(C(N)=O)cc(OCCCN(C)C(=O)OCc3ccc(O[C@@H]4O[C@H](C(=O)O)[C@@H](O)[C@H](O)[C@H]4O)c(NC(=O)CCNC(=O)CCN4C(=O)C=CC4=O)c3)c2n1C/C=C/Cn1c2ncc(C(N)=O)cc2c2ccc(-c3nc(C)nn3CC)nc21. The van der Waals surface area contributed by atoms with Crippen LogP contribution in [0, 0.1) is 13.8 Å². The number of carboxylic acid groups (broad SMARTS) is 1. The van der Waals surface area contributed by atoms with E-state index in [4.69, 9.17) is 44.8 Å². The van der Waals surface area contributed by atoms with Gasteiger partial charge < -0.3 is 79.9 Å². The summed E-state index contributed by atoms with van der Waals surface area (Å²) in [6.45, 7) is 7.12. The second-order valence-electron chi connectivity index (χ2n) is 22.4. The lowest BCUT2D eigenvalue weighted by molar-refractivity contribution is -0.271. The summed E-state index contributed by atoms with van der Waals surface area (Å²) in [6.07, 6.45) is -3.56. The number of imide groups is 1. The predicted octanol–water partition coefficient (Wildman–Crippen LogP) is 2.15. The number of nitrogens with one attached hydrogen (secondary N) is 3. The number of carboxylic acids is 1. The molecule has 0 spiro atoms. The number of oxazole rings is 1. The standard InChI is InChI=1S/C63H68N16O18/c1-6-38-52(95-32(4)69-38)59(89)73-62-72-41-27-34(54(64)87)28-43(48(41)77(62)21-8-9-22-78-56-37(26-35(29-67-56)55(65)88)36-12-13-39(71-57(36)78)58-68-31(3)74-79(58)7-2)93-24-10-20-75(5)63(92)94-30-33-11-14-42(96-61-51(86)49(84)50(85)53(97-61)60(90)91)40(25-33)70-45(81)17-19-66-44(80)18-23-76-46(82)15-16-47(76)83/h8-9,11-16,25-29,49-51,53,61,84-86H,6-7,10,17-24,30H2,1-5H3,(H2,64,87)(H2,65,88)(H,66,80)(H,70,81)(H,90,91)(H,72,73,89)/b9-8+/t49-,50-,51+,53-,61+/m0/s1. The Kier molecular flexibility index (Phi) is 20.7. The van der Waals surface area contributed by atoms with Crippen molar-refractivity contribution in [1.82, 2.24) is 59.0 Å². The number of nitrogens with two attached hydrogens (primary N) is 2. The van der Waals surface area contributed by atoms with Crippen molar-refractivity contribution in [3.05, 3.63) is 119 Å². The minimum absolute atomic E-state index is 0.0250. The quantitative estimate of drug-likeness (QED) is 0.0193. The van der Waals surface area contributed by atoms with E-state index in [0.717, 1.165) is 17.1 Å². The van der Waals surface area contributed by atoms with Crippen LogP contribution in [-0.2, 0) is 66.1 Å². The molecule has 1 saturated heterocycles. The van der Waals surface area contributed by atoms with E-state index >= 15 is 0 Å². The minimum atomic E-state index is -2.03. The highest BCUT2D eigenvalue weighted by molar-refractivity contribution is 6.13. The fourth-order valence-electron chi connectivity index (χ4n) is 10.7. The number of aromatic nitrogens is 9. The van der Waals surface area contributed by atoms with E-state index in [-0.39, 0.29) is 116 Å². The molecule has 34 heteroatoms. The molecule has 1 fully saturated rings. The van der Waals surface area contributed by atoms with E-state index in [1.54, 1.807) is 29.2 Å². The second-order valence-corrected chi connectivity index (χ2v) is 22.4. The molecular weight excluding hydrogens is 1270 g/mol. The minimum Gasteiger partial charge on any atom is -0.491 e. The molecule has 0 radical (unpaired) electrons. The van der Waals surface area contributed by atoms with Crippen LogP contribution in [-0.4, -0.2) is 191 Å². The highest BCUT2D eigenvalue weighted by Crippen LogP contribution is 2.35. The number of imidazole rings is 1. The molecule has 5 atom stereocenters. The molecule has 6 aromatic heterocycles. The summed E-state index contributed by atoms with van der Waals surface area (Å²) in [5.41, 5.74) is 14.4. The zero-order valence-corrected chi connectivity index (χ0v) is 53.0. The van der Waals surface area contributed by atoms with Crippen LogP contribution in [0.15, 0.2) is 83.4 Å². The van der Waals surface area contributed by atoms with Gasteiger partial charge in [-0.15, -0.1) is 0 Å². The number of pyridine rings is 2. The molecule has 8 amide bonds. The molecule has 0 saturated carbocycles. The molecule has 11 N–H and O–H groups in total. The first-order valence-corrected chi connectivity index (χ1v) is 30.5. The first kappa shape index (κ1) is 68.4. The van der Waals surface area contributed by atoms with Crippen LogP contribution in [0.1, 0.15) is 87.4 Å². The lowest BCUT2D eigenvalue weighted by atomic mass is 9.99. The number of allylic oxidation sites excluding steroid dienone is 2. The molecule has 10 rings (SSSR count). The number of benzene rings is 2. The molecular formula is C63H68N16O18. The summed E-state index contributed by atoms with van der Waals surface area (Å²) in [4.78, 5) is 140. The number of aliphatic carboxylic acids is 1. The third-order valence-electron chi connectivity index (χ3n) is 15.6. The van der Waals surface area contributed by atoms with Gasteiger partial charge in [0.05, 0.1) is 29.1 Å². The van der Waals surface area contributed by atoms with Gasteiger partial charge >= 0.3 is 12.1 Å². The van der Waals surface area contributed by atoms with Crippen LogP contribution in [0.25, 0.3) is 44.6 Å². The highest BCUT2D eigenvalue weighted by Gasteiger charge is 2.48. The summed E-state index contributed by atoms with van der Waals surface area (Å²) in [5.74, 6) is -4.90. The molecule has 0 unspecified atom stereocenters.